The van der Waals surface area contributed by atoms with E-state index in [1.165, 1.54) is 19.3 Å². The van der Waals surface area contributed by atoms with Crippen LogP contribution < -0.4 is 15.4 Å². The van der Waals surface area contributed by atoms with Crippen LogP contribution in [0.2, 0.25) is 0 Å². The lowest BCUT2D eigenvalue weighted by molar-refractivity contribution is -0.142. The van der Waals surface area contributed by atoms with E-state index in [4.69, 9.17) is 9.47 Å². The Labute approximate surface area is 217 Å². The van der Waals surface area contributed by atoms with Gasteiger partial charge in [0.05, 0.1) is 25.6 Å². The van der Waals surface area contributed by atoms with Gasteiger partial charge in [-0.1, -0.05) is 6.42 Å². The lowest BCUT2D eigenvalue weighted by atomic mass is 9.84. The quantitative estimate of drug-likeness (QED) is 0.476. The van der Waals surface area contributed by atoms with Crippen molar-refractivity contribution in [1.82, 2.24) is 15.2 Å². The number of fused-ring (bicyclic) bond motifs is 3. The second-order valence-corrected chi connectivity index (χ2v) is 10.2. The zero-order chi connectivity index (χ0) is 25.6. The van der Waals surface area contributed by atoms with Crippen molar-refractivity contribution < 1.29 is 24.2 Å². The molecule has 1 aromatic carbocycles. The maximum Gasteiger partial charge on any atom is 0.228 e. The topological polar surface area (TPSA) is 113 Å². The Bertz CT molecular complexity index is 1080. The van der Waals surface area contributed by atoms with E-state index in [9.17, 15) is 14.7 Å². The molecule has 9 nitrogen and oxygen atoms in total. The van der Waals surface area contributed by atoms with Gasteiger partial charge in [0.1, 0.15) is 18.0 Å². The van der Waals surface area contributed by atoms with E-state index in [-0.39, 0.29) is 49.4 Å². The summed E-state index contributed by atoms with van der Waals surface area (Å²) < 4.78 is 12.2. The number of likely N-dealkylation sites (tertiary alicyclic amines) is 1. The number of aliphatic hydroxyl groups is 1. The molecule has 0 spiro atoms. The van der Waals surface area contributed by atoms with E-state index in [2.05, 4.69) is 20.5 Å². The minimum Gasteiger partial charge on any atom is -0.487 e. The highest BCUT2D eigenvalue weighted by molar-refractivity contribution is 5.92. The van der Waals surface area contributed by atoms with Crippen molar-refractivity contribution in [1.29, 1.82) is 0 Å². The molecular formula is C28H36N4O5. The van der Waals surface area contributed by atoms with Crippen LogP contribution in [0.3, 0.4) is 0 Å². The minimum atomic E-state index is -0.512. The zero-order valence-corrected chi connectivity index (χ0v) is 21.1. The van der Waals surface area contributed by atoms with Crippen molar-refractivity contribution in [3.05, 3.63) is 53.9 Å². The van der Waals surface area contributed by atoms with Crippen LogP contribution >= 0.6 is 0 Å². The Morgan fingerprint density at radius 2 is 1.89 bits per heavy atom. The number of amides is 2. The smallest absolute Gasteiger partial charge is 0.228 e. The summed E-state index contributed by atoms with van der Waals surface area (Å²) in [6, 6.07) is 9.26. The molecule has 1 aromatic heterocycles. The first-order valence-corrected chi connectivity index (χ1v) is 13.3. The zero-order valence-electron chi connectivity index (χ0n) is 21.1. The first-order chi connectivity index (χ1) is 18.1. The summed E-state index contributed by atoms with van der Waals surface area (Å²) in [4.78, 5) is 31.6. The number of nitrogens with one attached hydrogen (secondary N) is 2. The van der Waals surface area contributed by atoms with Gasteiger partial charge in [0.2, 0.25) is 11.8 Å². The number of aliphatic hydroxyl groups excluding tert-OH is 1. The molecule has 0 unspecified atom stereocenters. The lowest BCUT2D eigenvalue weighted by Crippen LogP contribution is -2.47. The maximum atomic E-state index is 12.7. The Morgan fingerprint density at radius 3 is 2.68 bits per heavy atom. The number of carbonyl (C=O) groups is 2. The molecule has 9 heteroatoms. The summed E-state index contributed by atoms with van der Waals surface area (Å²) in [6.45, 7) is 3.54. The molecule has 4 heterocycles. The van der Waals surface area contributed by atoms with Gasteiger partial charge in [0.25, 0.3) is 0 Å². The van der Waals surface area contributed by atoms with Gasteiger partial charge in [-0.2, -0.15) is 0 Å². The van der Waals surface area contributed by atoms with Crippen molar-refractivity contribution in [3.8, 4) is 5.75 Å². The van der Waals surface area contributed by atoms with E-state index in [0.29, 0.717) is 18.7 Å². The predicted octanol–water partition coefficient (Wildman–Crippen LogP) is 2.25. The molecule has 37 heavy (non-hydrogen) atoms. The molecular weight excluding hydrogens is 472 g/mol. The highest BCUT2D eigenvalue weighted by Crippen LogP contribution is 2.47. The van der Waals surface area contributed by atoms with Crippen molar-refractivity contribution in [2.45, 2.75) is 62.8 Å². The molecule has 0 aliphatic carbocycles. The highest BCUT2D eigenvalue weighted by Gasteiger charge is 2.46. The average molecular weight is 509 g/mol. The van der Waals surface area contributed by atoms with Crippen LogP contribution in [0.5, 0.6) is 5.75 Å². The Hall–Kier alpha value is -3.01. The van der Waals surface area contributed by atoms with Gasteiger partial charge in [0.15, 0.2) is 0 Å². The number of aromatic nitrogens is 1. The SMILES string of the molecule is O=C(C[C@@H]1C[C@@H]2c3cc(NC(=O)Cc4ccncc4)ccc3O[C@@H]2[C@@H](CO)O1)NCCN1CCCCC1. The third-order valence-corrected chi connectivity index (χ3v) is 7.51. The highest BCUT2D eigenvalue weighted by atomic mass is 16.6. The number of nitrogens with zero attached hydrogens (tertiary/aromatic N) is 2. The molecule has 198 valence electrons. The van der Waals surface area contributed by atoms with Gasteiger partial charge in [-0.25, -0.2) is 0 Å². The number of piperidine rings is 1. The van der Waals surface area contributed by atoms with Crippen molar-refractivity contribution in [2.24, 2.45) is 0 Å². The molecule has 2 aromatic rings. The molecule has 0 bridgehead atoms. The number of ether oxygens (including phenoxy) is 2. The van der Waals surface area contributed by atoms with Gasteiger partial charge < -0.3 is 30.1 Å². The fourth-order valence-corrected chi connectivity index (χ4v) is 5.67. The second kappa shape index (κ2) is 12.0. The molecule has 3 aliphatic heterocycles. The first kappa shape index (κ1) is 25.6. The van der Waals surface area contributed by atoms with E-state index in [0.717, 1.165) is 36.5 Å². The fraction of sp³-hybridized carbons (Fsp3) is 0.536. The van der Waals surface area contributed by atoms with Gasteiger partial charge in [-0.05, 0) is 68.2 Å². The fourth-order valence-electron chi connectivity index (χ4n) is 5.67. The summed E-state index contributed by atoms with van der Waals surface area (Å²) in [5.74, 6) is 0.564. The molecule has 2 amide bonds. The summed E-state index contributed by atoms with van der Waals surface area (Å²) in [5, 5.41) is 16.0. The standard InChI is InChI=1S/C28H36N4O5/c33-18-25-28-23(16-21(36-25)17-26(34)30-10-13-32-11-2-1-3-12-32)22-15-20(4-5-24(22)37-28)31-27(35)14-19-6-8-29-9-7-19/h4-9,15,21,23,25,28,33H,1-3,10-14,16-18H2,(H,30,34)(H,31,35)/t21-,23+,25+,28-/m0/s1. The van der Waals surface area contributed by atoms with Crippen LogP contribution in [0.4, 0.5) is 5.69 Å². The van der Waals surface area contributed by atoms with E-state index < -0.39 is 6.10 Å². The molecule has 0 saturated carbocycles. The predicted molar refractivity (Wildman–Crippen MR) is 138 cm³/mol. The van der Waals surface area contributed by atoms with Crippen molar-refractivity contribution in [3.63, 3.8) is 0 Å². The lowest BCUT2D eigenvalue weighted by Gasteiger charge is -2.37. The number of hydrogen-bond donors (Lipinski definition) is 3. The van der Waals surface area contributed by atoms with Crippen LogP contribution in [-0.4, -0.2) is 77.9 Å². The van der Waals surface area contributed by atoms with Crippen LogP contribution in [0.1, 0.15) is 49.1 Å². The summed E-state index contributed by atoms with van der Waals surface area (Å²) >= 11 is 0. The first-order valence-electron chi connectivity index (χ1n) is 13.3. The number of pyridine rings is 1. The second-order valence-electron chi connectivity index (χ2n) is 10.2. The van der Waals surface area contributed by atoms with Crippen LogP contribution in [0, 0.1) is 0 Å². The van der Waals surface area contributed by atoms with E-state index >= 15 is 0 Å². The number of anilines is 1. The monoisotopic (exact) mass is 508 g/mol. The molecule has 0 radical (unpaired) electrons. The summed E-state index contributed by atoms with van der Waals surface area (Å²) in [7, 11) is 0. The molecule has 2 saturated heterocycles. The molecule has 3 aliphatic rings. The number of hydrogen-bond acceptors (Lipinski definition) is 7. The number of rotatable bonds is 9. The van der Waals surface area contributed by atoms with Crippen molar-refractivity contribution >= 4 is 17.5 Å². The number of benzene rings is 1. The molecule has 2 fully saturated rings. The van der Waals surface area contributed by atoms with Crippen LogP contribution in [-0.2, 0) is 20.7 Å². The molecule has 3 N–H and O–H groups in total. The normalized spacial score (nSPS) is 25.0. The summed E-state index contributed by atoms with van der Waals surface area (Å²) in [6.07, 6.45) is 7.08. The van der Waals surface area contributed by atoms with Gasteiger partial charge in [-0.3, -0.25) is 14.6 Å². The van der Waals surface area contributed by atoms with Gasteiger partial charge in [-0.15, -0.1) is 0 Å². The van der Waals surface area contributed by atoms with Crippen LogP contribution in [0.25, 0.3) is 0 Å². The average Bonchev–Trinajstić information content (AvgIpc) is 3.27. The Morgan fingerprint density at radius 1 is 1.08 bits per heavy atom. The van der Waals surface area contributed by atoms with Gasteiger partial charge in [0, 0.05) is 42.7 Å². The van der Waals surface area contributed by atoms with E-state index in [1.54, 1.807) is 12.4 Å². The van der Waals surface area contributed by atoms with Crippen molar-refractivity contribution in [2.75, 3.05) is 38.1 Å². The van der Waals surface area contributed by atoms with Gasteiger partial charge >= 0.3 is 0 Å². The Balaban J connectivity index is 1.18. The Kier molecular flexibility index (Phi) is 8.33. The van der Waals surface area contributed by atoms with E-state index in [1.807, 2.05) is 30.3 Å². The maximum absolute atomic E-state index is 12.7. The molecule has 5 rings (SSSR count). The minimum absolute atomic E-state index is 0.0240. The summed E-state index contributed by atoms with van der Waals surface area (Å²) in [5.41, 5.74) is 2.56. The largest absolute Gasteiger partial charge is 0.487 e. The number of carbonyl (C=O) groups excluding carboxylic acids is 2. The van der Waals surface area contributed by atoms with Crippen LogP contribution in [0.15, 0.2) is 42.7 Å². The molecule has 4 atom stereocenters. The third kappa shape index (κ3) is 6.47. The third-order valence-electron chi connectivity index (χ3n) is 7.51.